The van der Waals surface area contributed by atoms with Gasteiger partial charge in [-0.05, 0) is 20.0 Å². The quantitative estimate of drug-likeness (QED) is 0.789. The molecule has 2 rings (SSSR count). The number of rotatable bonds is 3. The third-order valence-electron chi connectivity index (χ3n) is 3.50. The number of ether oxygens (including phenoxy) is 1. The predicted molar refractivity (Wildman–Crippen MR) is 53.2 cm³/mol. The molecular formula is C10H17F3N2O. The molecule has 6 heteroatoms. The third kappa shape index (κ3) is 2.49. The highest BCUT2D eigenvalue weighted by Gasteiger charge is 2.47. The van der Waals surface area contributed by atoms with Gasteiger partial charge < -0.3 is 10.1 Å². The number of nitrogens with one attached hydrogen (secondary N) is 1. The molecule has 2 aliphatic heterocycles. The molecule has 2 fully saturated rings. The van der Waals surface area contributed by atoms with Gasteiger partial charge in [0.2, 0.25) is 0 Å². The summed E-state index contributed by atoms with van der Waals surface area (Å²) in [4.78, 5) is 1.96. The van der Waals surface area contributed by atoms with Crippen molar-refractivity contribution in [1.82, 2.24) is 10.2 Å². The van der Waals surface area contributed by atoms with Gasteiger partial charge in [0.25, 0.3) is 0 Å². The van der Waals surface area contributed by atoms with E-state index in [1.807, 2.05) is 11.9 Å². The van der Waals surface area contributed by atoms with Gasteiger partial charge in [-0.3, -0.25) is 4.90 Å². The number of halogens is 3. The number of alkyl halides is 3. The summed E-state index contributed by atoms with van der Waals surface area (Å²) in [6.07, 6.45) is -3.88. The Kier molecular flexibility index (Phi) is 3.42. The van der Waals surface area contributed by atoms with Crippen LogP contribution in [0.4, 0.5) is 13.2 Å². The first-order chi connectivity index (χ1) is 7.48. The summed E-state index contributed by atoms with van der Waals surface area (Å²) in [7, 11) is 1.86. The van der Waals surface area contributed by atoms with E-state index in [2.05, 4.69) is 5.32 Å². The molecule has 2 aliphatic rings. The molecule has 0 amide bonds. The highest BCUT2D eigenvalue weighted by atomic mass is 19.4. The minimum atomic E-state index is -4.08. The molecule has 1 N–H and O–H groups in total. The molecule has 2 heterocycles. The Hall–Kier alpha value is -0.330. The number of likely N-dealkylation sites (N-methyl/N-ethyl adjacent to an activating group) is 1. The van der Waals surface area contributed by atoms with Crippen LogP contribution in [0.15, 0.2) is 0 Å². The average Bonchev–Trinajstić information content (AvgIpc) is 2.47. The van der Waals surface area contributed by atoms with Crippen LogP contribution in [-0.2, 0) is 4.74 Å². The van der Waals surface area contributed by atoms with Crippen LogP contribution in [0.3, 0.4) is 0 Å². The summed E-state index contributed by atoms with van der Waals surface area (Å²) < 4.78 is 43.1. The second kappa shape index (κ2) is 4.50. The topological polar surface area (TPSA) is 24.5 Å². The molecule has 0 spiro atoms. The first-order valence-corrected chi connectivity index (χ1v) is 5.56. The first kappa shape index (κ1) is 12.1. The average molecular weight is 238 g/mol. The standard InChI is InChI=1S/C10H17F3N2O/c1-15(7-5-16-6-7)4-9-8(2-3-14-9)10(11,12)13/h7-9,14H,2-6H2,1H3. The van der Waals surface area contributed by atoms with Crippen molar-refractivity contribution < 1.29 is 17.9 Å². The molecule has 0 radical (unpaired) electrons. The van der Waals surface area contributed by atoms with E-state index in [-0.39, 0.29) is 12.5 Å². The van der Waals surface area contributed by atoms with Crippen LogP contribution in [0.2, 0.25) is 0 Å². The lowest BCUT2D eigenvalue weighted by atomic mass is 9.99. The molecule has 2 atom stereocenters. The SMILES string of the molecule is CN(CC1NCCC1C(F)(F)F)C1COC1. The van der Waals surface area contributed by atoms with Crippen molar-refractivity contribution >= 4 is 0 Å². The molecule has 0 bridgehead atoms. The maximum Gasteiger partial charge on any atom is 0.393 e. The zero-order chi connectivity index (χ0) is 11.8. The second-order valence-electron chi connectivity index (χ2n) is 4.63. The van der Waals surface area contributed by atoms with Gasteiger partial charge in [0.15, 0.2) is 0 Å². The first-order valence-electron chi connectivity index (χ1n) is 5.56. The summed E-state index contributed by atoms with van der Waals surface area (Å²) in [5.74, 6) is -1.20. The number of hydrogen-bond acceptors (Lipinski definition) is 3. The minimum Gasteiger partial charge on any atom is -0.378 e. The number of nitrogens with zero attached hydrogens (tertiary/aromatic N) is 1. The molecule has 16 heavy (non-hydrogen) atoms. The molecule has 3 nitrogen and oxygen atoms in total. The fourth-order valence-electron chi connectivity index (χ4n) is 2.29. The molecule has 94 valence electrons. The molecule has 0 aliphatic carbocycles. The van der Waals surface area contributed by atoms with E-state index in [1.165, 1.54) is 0 Å². The van der Waals surface area contributed by atoms with E-state index < -0.39 is 18.1 Å². The lowest BCUT2D eigenvalue weighted by Crippen LogP contribution is -2.52. The van der Waals surface area contributed by atoms with Crippen molar-refractivity contribution in [1.29, 1.82) is 0 Å². The molecule has 2 unspecified atom stereocenters. The minimum absolute atomic E-state index is 0.198. The van der Waals surface area contributed by atoms with E-state index in [0.717, 1.165) is 0 Å². The number of hydrogen-bond donors (Lipinski definition) is 1. The van der Waals surface area contributed by atoms with Crippen molar-refractivity contribution in [2.24, 2.45) is 5.92 Å². The van der Waals surface area contributed by atoms with Crippen molar-refractivity contribution in [2.45, 2.75) is 24.7 Å². The van der Waals surface area contributed by atoms with Crippen LogP contribution in [0.5, 0.6) is 0 Å². The van der Waals surface area contributed by atoms with Gasteiger partial charge in [0.05, 0.1) is 25.2 Å². The van der Waals surface area contributed by atoms with E-state index >= 15 is 0 Å². The van der Waals surface area contributed by atoms with E-state index in [9.17, 15) is 13.2 Å². The Balaban J connectivity index is 1.87. The Labute approximate surface area is 92.9 Å². The van der Waals surface area contributed by atoms with Crippen molar-refractivity contribution in [2.75, 3.05) is 33.4 Å². The maximum absolute atomic E-state index is 12.7. The Morgan fingerprint density at radius 1 is 1.38 bits per heavy atom. The van der Waals surface area contributed by atoms with Crippen LogP contribution < -0.4 is 5.32 Å². The summed E-state index contributed by atoms with van der Waals surface area (Å²) in [6, 6.07) is -0.179. The zero-order valence-electron chi connectivity index (χ0n) is 9.26. The van der Waals surface area contributed by atoms with Crippen LogP contribution in [-0.4, -0.2) is 56.5 Å². The largest absolute Gasteiger partial charge is 0.393 e. The summed E-state index contributed by atoms with van der Waals surface area (Å²) in [5.41, 5.74) is 0. The van der Waals surface area contributed by atoms with Crippen LogP contribution in [0, 0.1) is 5.92 Å². The summed E-state index contributed by atoms with van der Waals surface area (Å²) in [5, 5.41) is 2.94. The van der Waals surface area contributed by atoms with Crippen LogP contribution in [0.1, 0.15) is 6.42 Å². The maximum atomic E-state index is 12.7. The van der Waals surface area contributed by atoms with Crippen molar-refractivity contribution in [3.05, 3.63) is 0 Å². The fraction of sp³-hybridized carbons (Fsp3) is 1.00. The van der Waals surface area contributed by atoms with E-state index in [1.54, 1.807) is 0 Å². The van der Waals surface area contributed by atoms with Gasteiger partial charge >= 0.3 is 6.18 Å². The van der Waals surface area contributed by atoms with Gasteiger partial charge in [-0.15, -0.1) is 0 Å². The van der Waals surface area contributed by atoms with Crippen molar-refractivity contribution in [3.63, 3.8) is 0 Å². The van der Waals surface area contributed by atoms with Gasteiger partial charge in [-0.2, -0.15) is 13.2 Å². The van der Waals surface area contributed by atoms with Gasteiger partial charge in [-0.1, -0.05) is 0 Å². The molecule has 0 aromatic rings. The Morgan fingerprint density at radius 3 is 2.56 bits per heavy atom. The fourth-order valence-corrected chi connectivity index (χ4v) is 2.29. The lowest BCUT2D eigenvalue weighted by molar-refractivity contribution is -0.178. The van der Waals surface area contributed by atoms with Crippen LogP contribution >= 0.6 is 0 Å². The molecular weight excluding hydrogens is 221 g/mol. The summed E-state index contributed by atoms with van der Waals surface area (Å²) in [6.45, 7) is 2.18. The van der Waals surface area contributed by atoms with Crippen LogP contribution in [0.25, 0.3) is 0 Å². The van der Waals surface area contributed by atoms with Gasteiger partial charge in [-0.25, -0.2) is 0 Å². The molecule has 0 saturated carbocycles. The van der Waals surface area contributed by atoms with E-state index in [0.29, 0.717) is 26.3 Å². The smallest absolute Gasteiger partial charge is 0.378 e. The monoisotopic (exact) mass is 238 g/mol. The molecule has 2 saturated heterocycles. The Morgan fingerprint density at radius 2 is 2.06 bits per heavy atom. The lowest BCUT2D eigenvalue weighted by Gasteiger charge is -2.37. The van der Waals surface area contributed by atoms with Gasteiger partial charge in [0, 0.05) is 12.6 Å². The van der Waals surface area contributed by atoms with Gasteiger partial charge in [0.1, 0.15) is 0 Å². The van der Waals surface area contributed by atoms with E-state index in [4.69, 9.17) is 4.74 Å². The van der Waals surface area contributed by atoms with Crippen molar-refractivity contribution in [3.8, 4) is 0 Å². The highest BCUT2D eigenvalue weighted by molar-refractivity contribution is 4.91. The summed E-state index contributed by atoms with van der Waals surface area (Å²) >= 11 is 0. The third-order valence-corrected chi connectivity index (χ3v) is 3.50. The highest BCUT2D eigenvalue weighted by Crippen LogP contribution is 2.34. The molecule has 0 aromatic carbocycles. The zero-order valence-corrected chi connectivity index (χ0v) is 9.26. The normalized spacial score (nSPS) is 32.1. The molecule has 0 aromatic heterocycles. The Bertz CT molecular complexity index is 243. The second-order valence-corrected chi connectivity index (χ2v) is 4.63. The predicted octanol–water partition coefficient (Wildman–Crippen LogP) is 0.857.